The van der Waals surface area contributed by atoms with E-state index in [1.165, 1.54) is 0 Å². The van der Waals surface area contributed by atoms with Gasteiger partial charge in [0, 0.05) is 41.3 Å². The summed E-state index contributed by atoms with van der Waals surface area (Å²) in [5, 5.41) is 10.4. The number of benzene rings is 2. The second-order valence-corrected chi connectivity index (χ2v) is 5.04. The molecule has 3 aromatic rings. The number of nitriles is 1. The second-order valence-electron chi connectivity index (χ2n) is 5.04. The zero-order valence-corrected chi connectivity index (χ0v) is 12.8. The molecule has 0 saturated carbocycles. The Bertz CT molecular complexity index is 888. The van der Waals surface area contributed by atoms with E-state index in [4.69, 9.17) is 9.47 Å². The predicted octanol–water partition coefficient (Wildman–Crippen LogP) is 3.73. The van der Waals surface area contributed by atoms with E-state index in [9.17, 15) is 5.26 Å². The molecule has 0 N–H and O–H groups in total. The SMILES string of the molecule is COc1cc(C#N)cc(-c2cn(C)c3ccccc23)c1OC. The third-order valence-corrected chi connectivity index (χ3v) is 3.80. The molecule has 1 aromatic heterocycles. The minimum absolute atomic E-state index is 0.542. The van der Waals surface area contributed by atoms with Gasteiger partial charge in [0.25, 0.3) is 0 Å². The molecule has 0 aliphatic carbocycles. The number of ether oxygens (including phenoxy) is 2. The third-order valence-electron chi connectivity index (χ3n) is 3.80. The first-order chi connectivity index (χ1) is 10.7. The van der Waals surface area contributed by atoms with Crippen molar-refractivity contribution in [3.8, 4) is 28.7 Å². The molecule has 0 radical (unpaired) electrons. The molecule has 0 spiro atoms. The Hall–Kier alpha value is -2.93. The summed E-state index contributed by atoms with van der Waals surface area (Å²) in [6.45, 7) is 0. The molecule has 0 bridgehead atoms. The Morgan fingerprint density at radius 1 is 1.05 bits per heavy atom. The first kappa shape index (κ1) is 14.0. The van der Waals surface area contributed by atoms with Gasteiger partial charge >= 0.3 is 0 Å². The highest BCUT2D eigenvalue weighted by Gasteiger charge is 2.17. The van der Waals surface area contributed by atoms with E-state index < -0.39 is 0 Å². The maximum atomic E-state index is 9.26. The van der Waals surface area contributed by atoms with E-state index in [0.717, 1.165) is 22.0 Å². The summed E-state index contributed by atoms with van der Waals surface area (Å²) in [5.41, 5.74) is 3.54. The van der Waals surface area contributed by atoms with Crippen molar-refractivity contribution in [2.75, 3.05) is 14.2 Å². The van der Waals surface area contributed by atoms with Gasteiger partial charge in [-0.15, -0.1) is 0 Å². The highest BCUT2D eigenvalue weighted by atomic mass is 16.5. The van der Waals surface area contributed by atoms with E-state index in [-0.39, 0.29) is 0 Å². The number of nitrogens with zero attached hydrogens (tertiary/aromatic N) is 2. The molecule has 0 fully saturated rings. The number of aromatic nitrogens is 1. The fourth-order valence-corrected chi connectivity index (χ4v) is 2.79. The lowest BCUT2D eigenvalue weighted by atomic mass is 10.0. The Balaban J connectivity index is 2.37. The molecule has 4 heteroatoms. The van der Waals surface area contributed by atoms with Crippen molar-refractivity contribution in [2.45, 2.75) is 0 Å². The van der Waals surface area contributed by atoms with Crippen LogP contribution in [-0.2, 0) is 7.05 Å². The zero-order valence-electron chi connectivity index (χ0n) is 12.8. The van der Waals surface area contributed by atoms with Gasteiger partial charge < -0.3 is 14.0 Å². The number of methoxy groups -OCH3 is 2. The molecule has 0 aliphatic heterocycles. The van der Waals surface area contributed by atoms with Gasteiger partial charge in [-0.05, 0) is 12.1 Å². The summed E-state index contributed by atoms with van der Waals surface area (Å²) in [4.78, 5) is 0. The molecule has 0 aliphatic rings. The van der Waals surface area contributed by atoms with Crippen molar-refractivity contribution in [1.82, 2.24) is 4.57 Å². The summed E-state index contributed by atoms with van der Waals surface area (Å²) in [6.07, 6.45) is 2.04. The number of rotatable bonds is 3. The lowest BCUT2D eigenvalue weighted by Crippen LogP contribution is -1.94. The molecule has 0 atom stereocenters. The summed E-state index contributed by atoms with van der Waals surface area (Å²) < 4.78 is 13.0. The van der Waals surface area contributed by atoms with Crippen LogP contribution < -0.4 is 9.47 Å². The maximum Gasteiger partial charge on any atom is 0.168 e. The summed E-state index contributed by atoms with van der Waals surface area (Å²) in [7, 11) is 5.19. The zero-order chi connectivity index (χ0) is 15.7. The first-order valence-electron chi connectivity index (χ1n) is 6.90. The quantitative estimate of drug-likeness (QED) is 0.739. The smallest absolute Gasteiger partial charge is 0.168 e. The highest BCUT2D eigenvalue weighted by Crippen LogP contribution is 2.42. The molecule has 3 rings (SSSR count). The van der Waals surface area contributed by atoms with Crippen LogP contribution in [0.25, 0.3) is 22.0 Å². The summed E-state index contributed by atoms with van der Waals surface area (Å²) in [5.74, 6) is 1.20. The van der Waals surface area contributed by atoms with Gasteiger partial charge in [-0.1, -0.05) is 18.2 Å². The second kappa shape index (κ2) is 5.45. The molecule has 22 heavy (non-hydrogen) atoms. The third kappa shape index (κ3) is 2.08. The van der Waals surface area contributed by atoms with Crippen LogP contribution in [-0.4, -0.2) is 18.8 Å². The van der Waals surface area contributed by atoms with Crippen LogP contribution in [0.5, 0.6) is 11.5 Å². The van der Waals surface area contributed by atoms with Gasteiger partial charge in [-0.25, -0.2) is 0 Å². The standard InChI is InChI=1S/C18H16N2O2/c1-20-11-15(13-6-4-5-7-16(13)20)14-8-12(10-19)9-17(21-2)18(14)22-3/h4-9,11H,1-3H3. The summed E-state index contributed by atoms with van der Waals surface area (Å²) >= 11 is 0. The van der Waals surface area contributed by atoms with Crippen LogP contribution in [0.2, 0.25) is 0 Å². The van der Waals surface area contributed by atoms with E-state index in [0.29, 0.717) is 17.1 Å². The van der Waals surface area contributed by atoms with Gasteiger partial charge in [0.1, 0.15) is 0 Å². The van der Waals surface area contributed by atoms with E-state index in [2.05, 4.69) is 22.8 Å². The van der Waals surface area contributed by atoms with Crippen LogP contribution in [0.15, 0.2) is 42.6 Å². The monoisotopic (exact) mass is 292 g/mol. The van der Waals surface area contributed by atoms with E-state index in [1.54, 1.807) is 20.3 Å². The minimum Gasteiger partial charge on any atom is -0.493 e. The number of aryl methyl sites for hydroxylation is 1. The number of hydrogen-bond donors (Lipinski definition) is 0. The largest absolute Gasteiger partial charge is 0.493 e. The van der Waals surface area contributed by atoms with Crippen LogP contribution in [0, 0.1) is 11.3 Å². The average Bonchev–Trinajstić information content (AvgIpc) is 2.90. The molecular formula is C18H16N2O2. The van der Waals surface area contributed by atoms with Crippen molar-refractivity contribution in [2.24, 2.45) is 7.05 Å². The van der Waals surface area contributed by atoms with Gasteiger partial charge in [0.15, 0.2) is 11.5 Å². The number of hydrogen-bond acceptors (Lipinski definition) is 3. The van der Waals surface area contributed by atoms with Crippen molar-refractivity contribution >= 4 is 10.9 Å². The van der Waals surface area contributed by atoms with Gasteiger partial charge in [0.05, 0.1) is 25.9 Å². The molecule has 0 unspecified atom stereocenters. The number of fused-ring (bicyclic) bond motifs is 1. The lowest BCUT2D eigenvalue weighted by Gasteiger charge is -2.13. The number of para-hydroxylation sites is 1. The van der Waals surface area contributed by atoms with Crippen molar-refractivity contribution in [3.05, 3.63) is 48.2 Å². The molecule has 110 valence electrons. The van der Waals surface area contributed by atoms with Crippen LogP contribution >= 0.6 is 0 Å². The van der Waals surface area contributed by atoms with Crippen LogP contribution in [0.1, 0.15) is 5.56 Å². The van der Waals surface area contributed by atoms with Crippen LogP contribution in [0.3, 0.4) is 0 Å². The van der Waals surface area contributed by atoms with Gasteiger partial charge in [-0.2, -0.15) is 5.26 Å². The Morgan fingerprint density at radius 3 is 2.50 bits per heavy atom. The first-order valence-corrected chi connectivity index (χ1v) is 6.90. The van der Waals surface area contributed by atoms with Gasteiger partial charge in [-0.3, -0.25) is 0 Å². The lowest BCUT2D eigenvalue weighted by molar-refractivity contribution is 0.356. The Morgan fingerprint density at radius 2 is 1.82 bits per heavy atom. The van der Waals surface area contributed by atoms with E-state index in [1.807, 2.05) is 31.4 Å². The van der Waals surface area contributed by atoms with Crippen LogP contribution in [0.4, 0.5) is 0 Å². The van der Waals surface area contributed by atoms with Crippen molar-refractivity contribution < 1.29 is 9.47 Å². The molecular weight excluding hydrogens is 276 g/mol. The Labute approximate surface area is 129 Å². The Kier molecular flexibility index (Phi) is 3.48. The molecule has 0 saturated heterocycles. The van der Waals surface area contributed by atoms with Crippen molar-refractivity contribution in [3.63, 3.8) is 0 Å². The molecule has 1 heterocycles. The van der Waals surface area contributed by atoms with Crippen molar-refractivity contribution in [1.29, 1.82) is 5.26 Å². The molecule has 0 amide bonds. The normalized spacial score (nSPS) is 10.5. The fraction of sp³-hybridized carbons (Fsp3) is 0.167. The average molecular weight is 292 g/mol. The maximum absolute atomic E-state index is 9.26. The molecule has 2 aromatic carbocycles. The van der Waals surface area contributed by atoms with Gasteiger partial charge in [0.2, 0.25) is 0 Å². The highest BCUT2D eigenvalue weighted by molar-refractivity contribution is 5.98. The fourth-order valence-electron chi connectivity index (χ4n) is 2.79. The molecule has 4 nitrogen and oxygen atoms in total. The topological polar surface area (TPSA) is 47.2 Å². The summed E-state index contributed by atoms with van der Waals surface area (Å²) in [6, 6.07) is 13.8. The van der Waals surface area contributed by atoms with E-state index >= 15 is 0 Å². The predicted molar refractivity (Wildman–Crippen MR) is 86.2 cm³/mol. The minimum atomic E-state index is 0.542.